The highest BCUT2D eigenvalue weighted by atomic mass is 32.2. The maximum Gasteiger partial charge on any atom is 0.263 e. The molecule has 0 saturated heterocycles. The molecule has 3 rings (SSSR count). The number of hydrogen-bond acceptors (Lipinski definition) is 8. The summed E-state index contributed by atoms with van der Waals surface area (Å²) in [5.74, 6) is 0.439. The van der Waals surface area contributed by atoms with E-state index in [0.29, 0.717) is 22.9 Å². The van der Waals surface area contributed by atoms with Gasteiger partial charge in [-0.1, -0.05) is 23.1 Å². The maximum atomic E-state index is 12.4. The number of rotatable bonds is 8. The highest BCUT2D eigenvalue weighted by Crippen LogP contribution is 2.21. The molecule has 0 atom stereocenters. The van der Waals surface area contributed by atoms with E-state index in [2.05, 4.69) is 25.2 Å². The summed E-state index contributed by atoms with van der Waals surface area (Å²) in [6.07, 6.45) is 3.87. The average molecular weight is 439 g/mol. The summed E-state index contributed by atoms with van der Waals surface area (Å²) < 4.78 is 29.0. The monoisotopic (exact) mass is 438 g/mol. The van der Waals surface area contributed by atoms with Gasteiger partial charge in [-0.2, -0.15) is 0 Å². The van der Waals surface area contributed by atoms with Gasteiger partial charge < -0.3 is 9.88 Å². The van der Waals surface area contributed by atoms with Crippen LogP contribution in [0.15, 0.2) is 46.7 Å². The number of thioether (sulfide) groups is 1. The minimum atomic E-state index is -3.76. The van der Waals surface area contributed by atoms with E-state index in [9.17, 15) is 13.2 Å². The largest absolute Gasteiger partial charge is 0.329 e. The Bertz CT molecular complexity index is 1060. The Kier molecular flexibility index (Phi) is 6.31. The molecule has 2 heterocycles. The summed E-state index contributed by atoms with van der Waals surface area (Å²) in [6, 6.07) is 5.94. The molecule has 0 aliphatic heterocycles. The van der Waals surface area contributed by atoms with Gasteiger partial charge in [-0.25, -0.2) is 13.4 Å². The Balaban J connectivity index is 1.53. The number of anilines is 2. The Morgan fingerprint density at radius 3 is 2.61 bits per heavy atom. The van der Waals surface area contributed by atoms with Crippen molar-refractivity contribution in [3.63, 3.8) is 0 Å². The van der Waals surface area contributed by atoms with Gasteiger partial charge in [0, 0.05) is 37.3 Å². The van der Waals surface area contributed by atoms with Crippen molar-refractivity contribution in [1.82, 2.24) is 19.7 Å². The van der Waals surface area contributed by atoms with E-state index in [1.807, 2.05) is 17.8 Å². The lowest BCUT2D eigenvalue weighted by atomic mass is 10.3. The Labute approximate surface area is 170 Å². The molecule has 0 spiro atoms. The fraction of sp³-hybridized carbons (Fsp3) is 0.250. The van der Waals surface area contributed by atoms with Crippen molar-refractivity contribution in [1.29, 1.82) is 0 Å². The third-order valence-electron chi connectivity index (χ3n) is 3.53. The molecule has 0 saturated carbocycles. The van der Waals surface area contributed by atoms with Crippen molar-refractivity contribution >= 4 is 49.8 Å². The van der Waals surface area contributed by atoms with Crippen LogP contribution in [0, 0.1) is 6.92 Å². The minimum Gasteiger partial charge on any atom is -0.329 e. The van der Waals surface area contributed by atoms with Crippen LogP contribution >= 0.6 is 23.1 Å². The first-order valence-corrected chi connectivity index (χ1v) is 11.4. The summed E-state index contributed by atoms with van der Waals surface area (Å²) in [5, 5.41) is 12.0. The molecule has 148 valence electrons. The number of hydrogen-bond donors (Lipinski definition) is 2. The van der Waals surface area contributed by atoms with Crippen molar-refractivity contribution in [3.8, 4) is 0 Å². The summed E-state index contributed by atoms with van der Waals surface area (Å²) in [6.45, 7) is 1.74. The second-order valence-corrected chi connectivity index (χ2v) is 9.65. The molecular weight excluding hydrogens is 420 g/mol. The molecule has 0 bridgehead atoms. The van der Waals surface area contributed by atoms with Crippen LogP contribution in [0.5, 0.6) is 0 Å². The highest BCUT2D eigenvalue weighted by Gasteiger charge is 2.16. The Morgan fingerprint density at radius 2 is 2.00 bits per heavy atom. The molecule has 3 aromatic rings. The third-order valence-corrected chi connectivity index (χ3v) is 6.83. The normalized spacial score (nSPS) is 11.4. The van der Waals surface area contributed by atoms with Gasteiger partial charge in [0.25, 0.3) is 10.0 Å². The molecule has 28 heavy (non-hydrogen) atoms. The fourth-order valence-corrected chi connectivity index (χ4v) is 4.87. The van der Waals surface area contributed by atoms with Crippen LogP contribution in [-0.4, -0.2) is 39.8 Å². The van der Waals surface area contributed by atoms with Gasteiger partial charge in [0.15, 0.2) is 5.16 Å². The van der Waals surface area contributed by atoms with E-state index in [-0.39, 0.29) is 15.9 Å². The molecular formula is C16H18N6O3S3. The van der Waals surface area contributed by atoms with Crippen LogP contribution in [-0.2, 0) is 21.9 Å². The third kappa shape index (κ3) is 5.30. The maximum absolute atomic E-state index is 12.4. The number of aryl methyl sites for hydroxylation is 2. The van der Waals surface area contributed by atoms with Crippen LogP contribution in [0.25, 0.3) is 0 Å². The quantitative estimate of drug-likeness (QED) is 0.519. The number of aromatic nitrogens is 4. The lowest BCUT2D eigenvalue weighted by molar-refractivity contribution is -0.115. The molecule has 2 aromatic heterocycles. The number of amides is 1. The van der Waals surface area contributed by atoms with Gasteiger partial charge in [0.1, 0.15) is 5.01 Å². The van der Waals surface area contributed by atoms with Crippen molar-refractivity contribution in [2.45, 2.75) is 23.4 Å². The summed E-state index contributed by atoms with van der Waals surface area (Å²) in [4.78, 5) is 16.3. The molecule has 0 unspecified atom stereocenters. The molecule has 0 radical (unpaired) electrons. The number of carbonyl (C=O) groups is 1. The SMILES string of the molecule is Cc1nnc(NS(=O)(=O)c2ccc(NC(=O)CCSc3nccn3C)cc2)s1. The number of nitrogens with zero attached hydrogens (tertiary/aromatic N) is 4. The summed E-state index contributed by atoms with van der Waals surface area (Å²) >= 11 is 2.65. The van der Waals surface area contributed by atoms with Gasteiger partial charge in [0.05, 0.1) is 4.90 Å². The molecule has 2 N–H and O–H groups in total. The van der Waals surface area contributed by atoms with Crippen LogP contribution < -0.4 is 10.0 Å². The lowest BCUT2D eigenvalue weighted by Crippen LogP contribution is -2.14. The van der Waals surface area contributed by atoms with E-state index in [4.69, 9.17) is 0 Å². The predicted molar refractivity (Wildman–Crippen MR) is 109 cm³/mol. The van der Waals surface area contributed by atoms with E-state index in [0.717, 1.165) is 16.5 Å². The standard InChI is InChI=1S/C16H18N6O3S3/c1-11-19-20-15(27-11)21-28(24,25)13-5-3-12(4-6-13)18-14(23)7-10-26-16-17-8-9-22(16)2/h3-6,8-9H,7,10H2,1-2H3,(H,18,23)(H,20,21). The van der Waals surface area contributed by atoms with Crippen molar-refractivity contribution in [2.24, 2.45) is 7.05 Å². The number of carbonyl (C=O) groups excluding carboxylic acids is 1. The van der Waals surface area contributed by atoms with Crippen molar-refractivity contribution in [3.05, 3.63) is 41.7 Å². The molecule has 12 heteroatoms. The fourth-order valence-electron chi connectivity index (χ4n) is 2.18. The van der Waals surface area contributed by atoms with E-state index in [1.165, 1.54) is 23.9 Å². The molecule has 9 nitrogen and oxygen atoms in total. The molecule has 1 amide bonds. The predicted octanol–water partition coefficient (Wildman–Crippen LogP) is 2.50. The van der Waals surface area contributed by atoms with Crippen molar-refractivity contribution < 1.29 is 13.2 Å². The Hall–Kier alpha value is -2.44. The first kappa shape index (κ1) is 20.3. The van der Waals surface area contributed by atoms with E-state index >= 15 is 0 Å². The first-order valence-electron chi connectivity index (χ1n) is 8.16. The summed E-state index contributed by atoms with van der Waals surface area (Å²) in [7, 11) is -1.86. The number of sulfonamides is 1. The zero-order valence-electron chi connectivity index (χ0n) is 15.1. The van der Waals surface area contributed by atoms with Gasteiger partial charge in [0.2, 0.25) is 11.0 Å². The van der Waals surface area contributed by atoms with Gasteiger partial charge in [-0.15, -0.1) is 10.2 Å². The minimum absolute atomic E-state index is 0.0729. The van der Waals surface area contributed by atoms with Crippen LogP contribution in [0.3, 0.4) is 0 Å². The second-order valence-electron chi connectivity index (χ2n) is 5.72. The first-order chi connectivity index (χ1) is 13.3. The lowest BCUT2D eigenvalue weighted by Gasteiger charge is -2.08. The molecule has 0 fully saturated rings. The van der Waals surface area contributed by atoms with Gasteiger partial charge >= 0.3 is 0 Å². The van der Waals surface area contributed by atoms with Crippen LogP contribution in [0.1, 0.15) is 11.4 Å². The molecule has 1 aromatic carbocycles. The zero-order chi connectivity index (χ0) is 20.1. The highest BCUT2D eigenvalue weighted by molar-refractivity contribution is 7.99. The van der Waals surface area contributed by atoms with Crippen LogP contribution in [0.4, 0.5) is 10.8 Å². The van der Waals surface area contributed by atoms with E-state index < -0.39 is 10.0 Å². The summed E-state index contributed by atoms with van der Waals surface area (Å²) in [5.41, 5.74) is 0.526. The second kappa shape index (κ2) is 8.71. The zero-order valence-corrected chi connectivity index (χ0v) is 17.6. The smallest absolute Gasteiger partial charge is 0.263 e. The van der Waals surface area contributed by atoms with Gasteiger partial charge in [-0.3, -0.25) is 9.52 Å². The number of imidazole rings is 1. The number of nitrogens with one attached hydrogen (secondary N) is 2. The van der Waals surface area contributed by atoms with Crippen LogP contribution in [0.2, 0.25) is 0 Å². The number of benzene rings is 1. The topological polar surface area (TPSA) is 119 Å². The van der Waals surface area contributed by atoms with Crippen molar-refractivity contribution in [2.75, 3.05) is 15.8 Å². The molecule has 0 aliphatic rings. The van der Waals surface area contributed by atoms with Gasteiger partial charge in [-0.05, 0) is 31.2 Å². The Morgan fingerprint density at radius 1 is 1.25 bits per heavy atom. The average Bonchev–Trinajstić information content (AvgIpc) is 3.23. The molecule has 0 aliphatic carbocycles. The van der Waals surface area contributed by atoms with E-state index in [1.54, 1.807) is 25.3 Å².